The fraction of sp³-hybridized carbons (Fsp3) is 0.500. The lowest BCUT2D eigenvalue weighted by Gasteiger charge is -2.11. The molecule has 0 bridgehead atoms. The average molecular weight is 251 g/mol. The molecule has 0 radical (unpaired) electrons. The van der Waals surface area contributed by atoms with Gasteiger partial charge in [-0.05, 0) is 18.1 Å². The van der Waals surface area contributed by atoms with E-state index in [1.54, 1.807) is 6.92 Å². The van der Waals surface area contributed by atoms with Gasteiger partial charge in [-0.1, -0.05) is 31.2 Å². The van der Waals surface area contributed by atoms with Gasteiger partial charge < -0.3 is 15.2 Å². The first-order valence-electron chi connectivity index (χ1n) is 6.23. The molecule has 0 spiro atoms. The third-order valence-corrected chi connectivity index (χ3v) is 2.67. The molecule has 18 heavy (non-hydrogen) atoms. The molecule has 0 aliphatic heterocycles. The Morgan fingerprint density at radius 3 is 2.50 bits per heavy atom. The van der Waals surface area contributed by atoms with Crippen LogP contribution >= 0.6 is 0 Å². The van der Waals surface area contributed by atoms with Crippen LogP contribution in [0.5, 0.6) is 0 Å². The van der Waals surface area contributed by atoms with Crippen LogP contribution in [0.3, 0.4) is 0 Å². The van der Waals surface area contributed by atoms with Crippen molar-refractivity contribution in [3.63, 3.8) is 0 Å². The van der Waals surface area contributed by atoms with Crippen molar-refractivity contribution >= 4 is 5.97 Å². The van der Waals surface area contributed by atoms with Crippen LogP contribution in [0.15, 0.2) is 24.3 Å². The zero-order valence-electron chi connectivity index (χ0n) is 11.0. The van der Waals surface area contributed by atoms with Crippen molar-refractivity contribution in [3.05, 3.63) is 35.4 Å². The van der Waals surface area contributed by atoms with E-state index in [0.29, 0.717) is 19.7 Å². The maximum absolute atomic E-state index is 11.4. The SMILES string of the molecule is CCOC(=O)C(C)CNCc1ccc(CO)cc1. The summed E-state index contributed by atoms with van der Waals surface area (Å²) in [5, 5.41) is 12.1. The quantitative estimate of drug-likeness (QED) is 0.720. The smallest absolute Gasteiger partial charge is 0.309 e. The second-order valence-corrected chi connectivity index (χ2v) is 4.26. The molecular formula is C14H21NO3. The molecule has 100 valence electrons. The van der Waals surface area contributed by atoms with Gasteiger partial charge in [0.15, 0.2) is 0 Å². The molecule has 0 aromatic heterocycles. The summed E-state index contributed by atoms with van der Waals surface area (Å²) in [4.78, 5) is 11.4. The monoisotopic (exact) mass is 251 g/mol. The van der Waals surface area contributed by atoms with Crippen LogP contribution in [0.25, 0.3) is 0 Å². The van der Waals surface area contributed by atoms with E-state index in [1.807, 2.05) is 31.2 Å². The molecule has 1 aromatic carbocycles. The average Bonchev–Trinajstić information content (AvgIpc) is 2.39. The number of carbonyl (C=O) groups excluding carboxylic acids is 1. The number of aliphatic hydroxyl groups is 1. The summed E-state index contributed by atoms with van der Waals surface area (Å²) < 4.78 is 4.93. The van der Waals surface area contributed by atoms with Gasteiger partial charge in [-0.2, -0.15) is 0 Å². The zero-order chi connectivity index (χ0) is 13.4. The van der Waals surface area contributed by atoms with Crippen LogP contribution in [0.1, 0.15) is 25.0 Å². The maximum atomic E-state index is 11.4. The van der Waals surface area contributed by atoms with Gasteiger partial charge in [0.2, 0.25) is 0 Å². The first kappa shape index (κ1) is 14.7. The van der Waals surface area contributed by atoms with Crippen LogP contribution in [0, 0.1) is 5.92 Å². The molecule has 0 aliphatic rings. The van der Waals surface area contributed by atoms with Gasteiger partial charge >= 0.3 is 5.97 Å². The summed E-state index contributed by atoms with van der Waals surface area (Å²) in [7, 11) is 0. The molecule has 4 nitrogen and oxygen atoms in total. The van der Waals surface area contributed by atoms with Gasteiger partial charge in [0.1, 0.15) is 0 Å². The lowest BCUT2D eigenvalue weighted by molar-refractivity contribution is -0.147. The minimum absolute atomic E-state index is 0.0631. The number of hydrogen-bond donors (Lipinski definition) is 2. The Morgan fingerprint density at radius 1 is 1.33 bits per heavy atom. The Morgan fingerprint density at radius 2 is 1.94 bits per heavy atom. The van der Waals surface area contributed by atoms with Crippen molar-refractivity contribution < 1.29 is 14.6 Å². The van der Waals surface area contributed by atoms with Crippen LogP contribution in [-0.4, -0.2) is 24.2 Å². The Kier molecular flexibility index (Phi) is 6.39. The fourth-order valence-corrected chi connectivity index (χ4v) is 1.56. The van der Waals surface area contributed by atoms with Gasteiger partial charge in [-0.25, -0.2) is 0 Å². The van der Waals surface area contributed by atoms with E-state index in [2.05, 4.69) is 5.32 Å². The molecule has 0 saturated carbocycles. The van der Waals surface area contributed by atoms with Gasteiger partial charge in [-0.15, -0.1) is 0 Å². The van der Waals surface area contributed by atoms with E-state index in [4.69, 9.17) is 9.84 Å². The molecule has 0 heterocycles. The van der Waals surface area contributed by atoms with E-state index in [1.165, 1.54) is 0 Å². The number of aliphatic hydroxyl groups excluding tert-OH is 1. The molecule has 4 heteroatoms. The minimum atomic E-state index is -0.166. The number of hydrogen-bond acceptors (Lipinski definition) is 4. The standard InChI is InChI=1S/C14H21NO3/c1-3-18-14(17)11(2)8-15-9-12-4-6-13(10-16)7-5-12/h4-7,11,15-16H,3,8-10H2,1-2H3. The van der Waals surface area contributed by atoms with E-state index in [9.17, 15) is 4.79 Å². The molecule has 1 aromatic rings. The van der Waals surface area contributed by atoms with Gasteiger partial charge in [0.25, 0.3) is 0 Å². The first-order valence-corrected chi connectivity index (χ1v) is 6.23. The molecule has 2 N–H and O–H groups in total. The Balaban J connectivity index is 2.30. The van der Waals surface area contributed by atoms with Gasteiger partial charge in [0.05, 0.1) is 19.1 Å². The van der Waals surface area contributed by atoms with Gasteiger partial charge in [-0.3, -0.25) is 4.79 Å². The zero-order valence-corrected chi connectivity index (χ0v) is 11.0. The molecule has 1 unspecified atom stereocenters. The Labute approximate surface area is 108 Å². The lowest BCUT2D eigenvalue weighted by Crippen LogP contribution is -2.27. The van der Waals surface area contributed by atoms with Crippen LogP contribution in [-0.2, 0) is 22.7 Å². The summed E-state index contributed by atoms with van der Waals surface area (Å²) in [6.07, 6.45) is 0. The number of benzene rings is 1. The Bertz CT molecular complexity index is 362. The molecule has 1 rings (SSSR count). The second-order valence-electron chi connectivity index (χ2n) is 4.26. The molecular weight excluding hydrogens is 230 g/mol. The molecule has 1 atom stereocenters. The maximum Gasteiger partial charge on any atom is 0.309 e. The normalized spacial score (nSPS) is 12.2. The van der Waals surface area contributed by atoms with E-state index in [0.717, 1.165) is 11.1 Å². The highest BCUT2D eigenvalue weighted by atomic mass is 16.5. The summed E-state index contributed by atoms with van der Waals surface area (Å²) in [5.74, 6) is -0.303. The fourth-order valence-electron chi connectivity index (χ4n) is 1.56. The summed E-state index contributed by atoms with van der Waals surface area (Å²) in [6, 6.07) is 7.72. The molecule has 0 fully saturated rings. The minimum Gasteiger partial charge on any atom is -0.466 e. The highest BCUT2D eigenvalue weighted by molar-refractivity contribution is 5.72. The molecule has 0 aliphatic carbocycles. The van der Waals surface area contributed by atoms with E-state index < -0.39 is 0 Å². The third kappa shape index (κ3) is 4.85. The van der Waals surface area contributed by atoms with Gasteiger partial charge in [0, 0.05) is 13.1 Å². The predicted molar refractivity (Wildman–Crippen MR) is 69.9 cm³/mol. The Hall–Kier alpha value is -1.39. The van der Waals surface area contributed by atoms with Crippen molar-refractivity contribution in [1.82, 2.24) is 5.32 Å². The van der Waals surface area contributed by atoms with Crippen molar-refractivity contribution in [2.24, 2.45) is 5.92 Å². The number of esters is 1. The number of rotatable bonds is 7. The molecule has 0 saturated heterocycles. The topological polar surface area (TPSA) is 58.6 Å². The highest BCUT2D eigenvalue weighted by Crippen LogP contribution is 2.04. The van der Waals surface area contributed by atoms with Crippen LogP contribution < -0.4 is 5.32 Å². The summed E-state index contributed by atoms with van der Waals surface area (Å²) in [5.41, 5.74) is 2.03. The highest BCUT2D eigenvalue weighted by Gasteiger charge is 2.12. The number of ether oxygens (including phenoxy) is 1. The van der Waals surface area contributed by atoms with E-state index in [-0.39, 0.29) is 18.5 Å². The lowest BCUT2D eigenvalue weighted by atomic mass is 10.1. The predicted octanol–water partition coefficient (Wildman–Crippen LogP) is 1.47. The number of carbonyl (C=O) groups is 1. The van der Waals surface area contributed by atoms with Crippen LogP contribution in [0.2, 0.25) is 0 Å². The van der Waals surface area contributed by atoms with Crippen LogP contribution in [0.4, 0.5) is 0 Å². The summed E-state index contributed by atoms with van der Waals surface area (Å²) in [6.45, 7) is 5.44. The van der Waals surface area contributed by atoms with E-state index >= 15 is 0 Å². The van der Waals surface area contributed by atoms with Crippen molar-refractivity contribution in [3.8, 4) is 0 Å². The van der Waals surface area contributed by atoms with Crippen molar-refractivity contribution in [2.45, 2.75) is 27.0 Å². The third-order valence-electron chi connectivity index (χ3n) is 2.67. The summed E-state index contributed by atoms with van der Waals surface area (Å²) >= 11 is 0. The number of nitrogens with one attached hydrogen (secondary N) is 1. The largest absolute Gasteiger partial charge is 0.466 e. The molecule has 0 amide bonds. The second kappa shape index (κ2) is 7.84. The first-order chi connectivity index (χ1) is 8.67. The van der Waals surface area contributed by atoms with Crippen molar-refractivity contribution in [1.29, 1.82) is 0 Å². The van der Waals surface area contributed by atoms with Crippen molar-refractivity contribution in [2.75, 3.05) is 13.2 Å².